The summed E-state index contributed by atoms with van der Waals surface area (Å²) in [4.78, 5) is 32.1. The Kier molecular flexibility index (Phi) is 5.93. The Balaban J connectivity index is 1.34. The first kappa shape index (κ1) is 22.2. The van der Waals surface area contributed by atoms with Gasteiger partial charge in [-0.25, -0.2) is 4.98 Å². The fourth-order valence-electron chi connectivity index (χ4n) is 4.04. The summed E-state index contributed by atoms with van der Waals surface area (Å²) in [5.41, 5.74) is 4.20. The molecular weight excluding hydrogens is 442 g/mol. The average molecular weight is 468 g/mol. The molecule has 1 atom stereocenters. The molecule has 0 radical (unpaired) electrons. The molecule has 0 spiro atoms. The van der Waals surface area contributed by atoms with Crippen LogP contribution in [0.1, 0.15) is 29.9 Å². The fraction of sp³-hybridized carbons (Fsp3) is 0.148. The Morgan fingerprint density at radius 2 is 1.94 bits per heavy atom. The van der Waals surface area contributed by atoms with E-state index in [0.29, 0.717) is 40.4 Å². The number of aromatic amines is 1. The summed E-state index contributed by atoms with van der Waals surface area (Å²) in [6.45, 7) is 6.54. The van der Waals surface area contributed by atoms with E-state index in [1.54, 1.807) is 0 Å². The highest BCUT2D eigenvalue weighted by atomic mass is 16.5. The average Bonchev–Trinajstić information content (AvgIpc) is 2.87. The third-order valence-corrected chi connectivity index (χ3v) is 5.87. The number of nitrogens with one attached hydrogen (secondary N) is 4. The van der Waals surface area contributed by atoms with Crippen LogP contribution in [0.25, 0.3) is 16.6 Å². The van der Waals surface area contributed by atoms with Crippen molar-refractivity contribution in [1.82, 2.24) is 15.3 Å². The number of carbonyl (C=O) groups is 1. The van der Waals surface area contributed by atoms with E-state index in [1.807, 2.05) is 73.7 Å². The number of H-pyrrole nitrogens is 1. The molecule has 3 aromatic carbocycles. The van der Waals surface area contributed by atoms with Crippen molar-refractivity contribution in [3.8, 4) is 5.75 Å². The molecule has 8 heteroatoms. The van der Waals surface area contributed by atoms with Gasteiger partial charge in [0.1, 0.15) is 5.75 Å². The van der Waals surface area contributed by atoms with Crippen LogP contribution in [0.5, 0.6) is 5.75 Å². The lowest BCUT2D eigenvalue weighted by atomic mass is 10.1. The molecule has 0 fully saturated rings. The molecule has 2 heterocycles. The van der Waals surface area contributed by atoms with Crippen molar-refractivity contribution >= 4 is 33.9 Å². The van der Waals surface area contributed by atoms with Crippen molar-refractivity contribution < 1.29 is 9.53 Å². The number of ether oxygens (including phenoxy) is 1. The number of carbonyl (C=O) groups excluding carboxylic acids is 1. The van der Waals surface area contributed by atoms with Crippen molar-refractivity contribution in [3.63, 3.8) is 0 Å². The molecule has 4 aromatic rings. The maximum absolute atomic E-state index is 13.0. The van der Waals surface area contributed by atoms with Gasteiger partial charge in [0.05, 0.1) is 22.3 Å². The Labute approximate surface area is 202 Å². The van der Waals surface area contributed by atoms with Crippen LogP contribution in [0.3, 0.4) is 0 Å². The lowest BCUT2D eigenvalue weighted by Crippen LogP contribution is -2.25. The van der Waals surface area contributed by atoms with Gasteiger partial charge < -0.3 is 25.7 Å². The van der Waals surface area contributed by atoms with E-state index in [4.69, 9.17) is 4.74 Å². The van der Waals surface area contributed by atoms with Crippen LogP contribution in [-0.4, -0.2) is 22.5 Å². The Morgan fingerprint density at radius 1 is 1.11 bits per heavy atom. The van der Waals surface area contributed by atoms with Crippen LogP contribution in [0.2, 0.25) is 0 Å². The van der Waals surface area contributed by atoms with E-state index < -0.39 is 0 Å². The smallest absolute Gasteiger partial charge is 0.262 e. The molecule has 1 aliphatic rings. The van der Waals surface area contributed by atoms with Crippen molar-refractivity contribution in [3.05, 3.63) is 101 Å². The molecule has 0 aliphatic carbocycles. The minimum atomic E-state index is -0.245. The summed E-state index contributed by atoms with van der Waals surface area (Å²) >= 11 is 0. The van der Waals surface area contributed by atoms with E-state index in [0.717, 1.165) is 16.8 Å². The van der Waals surface area contributed by atoms with Crippen LogP contribution < -0.4 is 26.2 Å². The molecular formula is C27H25N5O3. The minimum Gasteiger partial charge on any atom is -0.482 e. The zero-order chi connectivity index (χ0) is 24.4. The zero-order valence-corrected chi connectivity index (χ0v) is 19.2. The molecule has 176 valence electrons. The van der Waals surface area contributed by atoms with E-state index >= 15 is 0 Å². The summed E-state index contributed by atoms with van der Waals surface area (Å²) in [5, 5.41) is 9.92. The van der Waals surface area contributed by atoms with Gasteiger partial charge in [0.2, 0.25) is 0 Å². The predicted molar refractivity (Wildman–Crippen MR) is 137 cm³/mol. The fourth-order valence-corrected chi connectivity index (χ4v) is 4.04. The molecule has 35 heavy (non-hydrogen) atoms. The number of fused-ring (bicyclic) bond motifs is 2. The highest BCUT2D eigenvalue weighted by molar-refractivity contribution is 5.95. The van der Waals surface area contributed by atoms with E-state index in [2.05, 4.69) is 32.5 Å². The highest BCUT2D eigenvalue weighted by Crippen LogP contribution is 2.29. The van der Waals surface area contributed by atoms with E-state index in [9.17, 15) is 9.59 Å². The molecule has 0 bridgehead atoms. The molecule has 0 saturated heterocycles. The van der Waals surface area contributed by atoms with Crippen LogP contribution >= 0.6 is 0 Å². The van der Waals surface area contributed by atoms with Gasteiger partial charge in [0, 0.05) is 18.3 Å². The van der Waals surface area contributed by atoms with Gasteiger partial charge in [0.25, 0.3) is 11.5 Å². The van der Waals surface area contributed by atoms with E-state index in [1.165, 1.54) is 0 Å². The zero-order valence-electron chi connectivity index (χ0n) is 19.2. The Morgan fingerprint density at radius 3 is 2.77 bits per heavy atom. The van der Waals surface area contributed by atoms with Crippen molar-refractivity contribution in [2.75, 3.05) is 17.2 Å². The van der Waals surface area contributed by atoms with Crippen molar-refractivity contribution in [2.45, 2.75) is 19.5 Å². The second-order valence-electron chi connectivity index (χ2n) is 8.39. The van der Waals surface area contributed by atoms with Crippen LogP contribution in [0.15, 0.2) is 78.1 Å². The normalized spacial score (nSPS) is 13.3. The third-order valence-electron chi connectivity index (χ3n) is 5.87. The lowest BCUT2D eigenvalue weighted by molar-refractivity contribution is -0.118. The van der Waals surface area contributed by atoms with Gasteiger partial charge >= 0.3 is 0 Å². The number of nitrogens with zero attached hydrogens (tertiary/aromatic N) is 1. The van der Waals surface area contributed by atoms with Gasteiger partial charge in [-0.1, -0.05) is 49.0 Å². The number of benzene rings is 3. The number of rotatable bonds is 7. The van der Waals surface area contributed by atoms with Crippen LogP contribution in [-0.2, 0) is 11.3 Å². The Bertz CT molecular complexity index is 1480. The summed E-state index contributed by atoms with van der Waals surface area (Å²) in [6, 6.07) is 21.2. The molecule has 4 N–H and O–H groups in total. The molecule has 8 nitrogen and oxygen atoms in total. The number of anilines is 2. The molecule has 0 saturated carbocycles. The van der Waals surface area contributed by atoms with Crippen LogP contribution in [0.4, 0.5) is 11.4 Å². The molecule has 5 rings (SSSR count). The largest absolute Gasteiger partial charge is 0.482 e. The summed E-state index contributed by atoms with van der Waals surface area (Å²) in [6.07, 6.45) is 0. The lowest BCUT2D eigenvalue weighted by Gasteiger charge is -2.19. The SMILES string of the molecule is C=C(NCc1ccc2c(c1)NC(=O)CO2)c1nc2cccc(N[C@@H](C)c3ccccc3)c2c(=O)[nH]1. The summed E-state index contributed by atoms with van der Waals surface area (Å²) < 4.78 is 5.39. The van der Waals surface area contributed by atoms with Gasteiger partial charge in [-0.05, 0) is 42.3 Å². The number of amides is 1. The maximum Gasteiger partial charge on any atom is 0.262 e. The first-order chi connectivity index (χ1) is 17.0. The minimum absolute atomic E-state index is 0.0179. The predicted octanol–water partition coefficient (Wildman–Crippen LogP) is 4.19. The highest BCUT2D eigenvalue weighted by Gasteiger charge is 2.16. The number of hydrogen-bond acceptors (Lipinski definition) is 6. The first-order valence-electron chi connectivity index (χ1n) is 11.3. The van der Waals surface area contributed by atoms with Crippen molar-refractivity contribution in [2.24, 2.45) is 0 Å². The first-order valence-corrected chi connectivity index (χ1v) is 11.3. The van der Waals surface area contributed by atoms with Crippen LogP contribution in [0, 0.1) is 0 Å². The second kappa shape index (κ2) is 9.34. The molecule has 1 aliphatic heterocycles. The van der Waals surface area contributed by atoms with Crippen molar-refractivity contribution in [1.29, 1.82) is 0 Å². The molecule has 1 amide bonds. The summed E-state index contributed by atoms with van der Waals surface area (Å²) in [7, 11) is 0. The van der Waals surface area contributed by atoms with Gasteiger partial charge in [0.15, 0.2) is 12.4 Å². The second-order valence-corrected chi connectivity index (χ2v) is 8.39. The molecule has 0 unspecified atom stereocenters. The third kappa shape index (κ3) is 4.72. The monoisotopic (exact) mass is 467 g/mol. The topological polar surface area (TPSA) is 108 Å². The maximum atomic E-state index is 13.0. The number of aromatic nitrogens is 2. The number of hydrogen-bond donors (Lipinski definition) is 4. The van der Waals surface area contributed by atoms with E-state index in [-0.39, 0.29) is 24.1 Å². The van der Waals surface area contributed by atoms with Gasteiger partial charge in [-0.3, -0.25) is 9.59 Å². The van der Waals surface area contributed by atoms with Gasteiger partial charge in [-0.15, -0.1) is 0 Å². The van der Waals surface area contributed by atoms with Gasteiger partial charge in [-0.2, -0.15) is 0 Å². The Hall–Kier alpha value is -4.59. The molecule has 1 aromatic heterocycles. The summed E-state index contributed by atoms with van der Waals surface area (Å²) in [5.74, 6) is 0.820. The quantitative estimate of drug-likeness (QED) is 0.325. The standard InChI is InChI=1S/C27H25N5O3/c1-16(19-7-4-3-5-8-19)29-20-9-6-10-21-25(20)27(34)32-26(31-21)17(2)28-14-18-11-12-23-22(13-18)30-24(33)15-35-23/h3-13,16,28-29H,2,14-15H2,1H3,(H,30,33)(H,31,32,34)/t16-/m0/s1.